The van der Waals surface area contributed by atoms with E-state index in [1.54, 1.807) is 6.07 Å². The van der Waals surface area contributed by atoms with Crippen molar-refractivity contribution in [1.29, 1.82) is 0 Å². The lowest BCUT2D eigenvalue weighted by Gasteiger charge is -2.19. The topological polar surface area (TPSA) is 82.5 Å². The lowest BCUT2D eigenvalue weighted by atomic mass is 9.83. The Labute approximate surface area is 190 Å². The first-order valence-corrected chi connectivity index (χ1v) is 10.5. The number of rotatable bonds is 5. The highest BCUT2D eigenvalue weighted by atomic mass is 16.6. The molecule has 166 valence electrons. The molecule has 0 radical (unpaired) electrons. The molecule has 0 aliphatic rings. The number of aromatic nitrogens is 2. The average molecular weight is 441 g/mol. The predicted molar refractivity (Wildman–Crippen MR) is 128 cm³/mol. The molecular weight excluding hydrogens is 418 g/mol. The van der Waals surface area contributed by atoms with E-state index in [2.05, 4.69) is 0 Å². The molecule has 0 saturated carbocycles. The number of methoxy groups -OCH3 is 1. The normalized spacial score (nSPS) is 11.5. The third-order valence-corrected chi connectivity index (χ3v) is 6.32. The van der Waals surface area contributed by atoms with Crippen LogP contribution in [-0.4, -0.2) is 26.3 Å². The van der Waals surface area contributed by atoms with E-state index in [9.17, 15) is 15.2 Å². The summed E-state index contributed by atoms with van der Waals surface area (Å²) < 4.78 is 9.35. The first kappa shape index (κ1) is 20.6. The number of nitro benzene ring substituents is 1. The summed E-state index contributed by atoms with van der Waals surface area (Å²) in [4.78, 5) is 11.8. The van der Waals surface area contributed by atoms with Gasteiger partial charge in [0.1, 0.15) is 0 Å². The molecule has 1 N–H and O–H groups in total. The van der Waals surface area contributed by atoms with E-state index >= 15 is 0 Å². The molecule has 33 heavy (non-hydrogen) atoms. The number of phenolic OH excluding ortho intramolecular Hbond substituents is 1. The smallest absolute Gasteiger partial charge is 0.318 e. The van der Waals surface area contributed by atoms with E-state index in [1.165, 1.54) is 13.2 Å². The number of aryl methyl sites for hydroxylation is 2. The zero-order valence-corrected chi connectivity index (χ0v) is 18.5. The second-order valence-corrected chi connectivity index (χ2v) is 8.17. The van der Waals surface area contributed by atoms with Crippen LogP contribution in [0.25, 0.3) is 21.8 Å². The number of fused-ring (bicyclic) bond motifs is 2. The largest absolute Gasteiger partial charge is 0.504 e. The monoisotopic (exact) mass is 441 g/mol. The average Bonchev–Trinajstić information content (AvgIpc) is 3.32. The van der Waals surface area contributed by atoms with Crippen LogP contribution in [-0.2, 0) is 14.1 Å². The summed E-state index contributed by atoms with van der Waals surface area (Å²) in [7, 11) is 5.27. The highest BCUT2D eigenvalue weighted by Crippen LogP contribution is 2.48. The molecule has 0 amide bonds. The van der Waals surface area contributed by atoms with Gasteiger partial charge in [0, 0.05) is 59.8 Å². The molecule has 0 spiro atoms. The number of phenols is 1. The SMILES string of the molecule is COc1c(O)ccc(C(c2cn(C)c3ccccc23)c2cn(C)c3ccccc23)c1[N+](=O)[O-]. The maximum atomic E-state index is 12.3. The molecule has 0 saturated heterocycles. The Hall–Kier alpha value is -4.26. The summed E-state index contributed by atoms with van der Waals surface area (Å²) in [5.74, 6) is -0.859. The summed E-state index contributed by atoms with van der Waals surface area (Å²) in [6, 6.07) is 19.1. The zero-order chi connectivity index (χ0) is 23.3. The first-order chi connectivity index (χ1) is 15.9. The van der Waals surface area contributed by atoms with Crippen molar-refractivity contribution < 1.29 is 14.8 Å². The molecule has 0 atom stereocenters. The van der Waals surface area contributed by atoms with Crippen LogP contribution in [0.15, 0.2) is 73.1 Å². The third kappa shape index (κ3) is 3.12. The minimum atomic E-state index is -0.475. The van der Waals surface area contributed by atoms with Gasteiger partial charge >= 0.3 is 5.69 Å². The Kier molecular flexibility index (Phi) is 4.82. The van der Waals surface area contributed by atoms with Crippen LogP contribution < -0.4 is 4.74 Å². The Morgan fingerprint density at radius 2 is 1.36 bits per heavy atom. The fourth-order valence-corrected chi connectivity index (χ4v) is 4.91. The first-order valence-electron chi connectivity index (χ1n) is 10.5. The number of aromatic hydroxyl groups is 1. The minimum Gasteiger partial charge on any atom is -0.504 e. The second-order valence-electron chi connectivity index (χ2n) is 8.17. The van der Waals surface area contributed by atoms with Gasteiger partial charge in [0.15, 0.2) is 5.75 Å². The van der Waals surface area contributed by atoms with Gasteiger partial charge in [-0.1, -0.05) is 36.4 Å². The van der Waals surface area contributed by atoms with Gasteiger partial charge in [-0.05, 0) is 35.4 Å². The van der Waals surface area contributed by atoms with Gasteiger partial charge in [0.2, 0.25) is 5.75 Å². The summed E-state index contributed by atoms with van der Waals surface area (Å²) >= 11 is 0. The van der Waals surface area contributed by atoms with Crippen molar-refractivity contribution in [2.24, 2.45) is 14.1 Å². The van der Waals surface area contributed by atoms with Crippen molar-refractivity contribution in [2.45, 2.75) is 5.92 Å². The molecule has 2 aromatic heterocycles. The number of hydrogen-bond donors (Lipinski definition) is 1. The van der Waals surface area contributed by atoms with Crippen LogP contribution in [0.4, 0.5) is 5.69 Å². The quantitative estimate of drug-likeness (QED) is 0.289. The molecule has 0 unspecified atom stereocenters. The second kappa shape index (κ2) is 7.70. The molecule has 0 fully saturated rings. The number of hydrogen-bond acceptors (Lipinski definition) is 4. The molecule has 5 rings (SSSR count). The predicted octanol–water partition coefficient (Wildman–Crippen LogP) is 5.47. The number of ether oxygens (including phenoxy) is 1. The van der Waals surface area contributed by atoms with E-state index < -0.39 is 10.8 Å². The van der Waals surface area contributed by atoms with Crippen molar-refractivity contribution >= 4 is 27.5 Å². The van der Waals surface area contributed by atoms with Crippen LogP contribution in [0.3, 0.4) is 0 Å². The standard InChI is InChI=1S/C26H23N3O4/c1-27-14-19(16-8-4-6-10-21(16)27)24(20-15-28(2)22-11-7-5-9-17(20)22)18-12-13-23(30)26(33-3)25(18)29(31)32/h4-15,24,30H,1-3H3. The number of benzene rings is 3. The highest BCUT2D eigenvalue weighted by Gasteiger charge is 2.34. The van der Waals surface area contributed by atoms with Crippen LogP contribution in [0.2, 0.25) is 0 Å². The molecule has 5 aromatic rings. The molecule has 7 heteroatoms. The summed E-state index contributed by atoms with van der Waals surface area (Å²) in [6.07, 6.45) is 4.06. The van der Waals surface area contributed by atoms with Gasteiger partial charge in [-0.3, -0.25) is 10.1 Å². The zero-order valence-electron chi connectivity index (χ0n) is 18.5. The van der Waals surface area contributed by atoms with Gasteiger partial charge in [0.05, 0.1) is 12.0 Å². The minimum absolute atomic E-state index is 0.136. The maximum Gasteiger partial charge on any atom is 0.318 e. The molecule has 0 aliphatic heterocycles. The van der Waals surface area contributed by atoms with Crippen LogP contribution in [0.1, 0.15) is 22.6 Å². The Balaban J connectivity index is 1.92. The lowest BCUT2D eigenvalue weighted by Crippen LogP contribution is -2.08. The molecular formula is C26H23N3O4. The Bertz CT molecular complexity index is 1450. The van der Waals surface area contributed by atoms with Crippen molar-refractivity contribution in [3.8, 4) is 11.5 Å². The van der Waals surface area contributed by atoms with Crippen LogP contribution in [0, 0.1) is 10.1 Å². The van der Waals surface area contributed by atoms with E-state index in [-0.39, 0.29) is 17.2 Å². The molecule has 3 aromatic carbocycles. The molecule has 0 bridgehead atoms. The van der Waals surface area contributed by atoms with Crippen molar-refractivity contribution in [3.63, 3.8) is 0 Å². The summed E-state index contributed by atoms with van der Waals surface area (Å²) in [5.41, 5.74) is 4.18. The maximum absolute atomic E-state index is 12.3. The van der Waals surface area contributed by atoms with Crippen molar-refractivity contribution in [3.05, 3.63) is 99.9 Å². The Morgan fingerprint density at radius 3 is 1.85 bits per heavy atom. The van der Waals surface area contributed by atoms with Crippen LogP contribution >= 0.6 is 0 Å². The fraction of sp³-hybridized carbons (Fsp3) is 0.154. The summed E-state index contributed by atoms with van der Waals surface area (Å²) in [6.45, 7) is 0. The van der Waals surface area contributed by atoms with E-state index in [0.29, 0.717) is 5.56 Å². The summed E-state index contributed by atoms with van der Waals surface area (Å²) in [5, 5.41) is 24.6. The molecule has 0 aliphatic carbocycles. The van der Waals surface area contributed by atoms with Crippen LogP contribution in [0.5, 0.6) is 11.5 Å². The highest BCUT2D eigenvalue weighted by molar-refractivity contribution is 5.90. The lowest BCUT2D eigenvalue weighted by molar-refractivity contribution is -0.386. The van der Waals surface area contributed by atoms with Gasteiger partial charge in [-0.2, -0.15) is 0 Å². The van der Waals surface area contributed by atoms with Gasteiger partial charge in [-0.15, -0.1) is 0 Å². The van der Waals surface area contributed by atoms with E-state index in [4.69, 9.17) is 4.74 Å². The molecule has 7 nitrogen and oxygen atoms in total. The number of para-hydroxylation sites is 2. The van der Waals surface area contributed by atoms with E-state index in [1.807, 2.05) is 84.2 Å². The van der Waals surface area contributed by atoms with Crippen molar-refractivity contribution in [1.82, 2.24) is 9.13 Å². The number of nitro groups is 1. The fourth-order valence-electron chi connectivity index (χ4n) is 4.91. The van der Waals surface area contributed by atoms with E-state index in [0.717, 1.165) is 32.9 Å². The molecule has 2 heterocycles. The van der Waals surface area contributed by atoms with Gasteiger partial charge in [0.25, 0.3) is 0 Å². The van der Waals surface area contributed by atoms with Crippen molar-refractivity contribution in [2.75, 3.05) is 7.11 Å². The van der Waals surface area contributed by atoms with Gasteiger partial charge in [-0.25, -0.2) is 0 Å². The number of nitrogens with zero attached hydrogens (tertiary/aromatic N) is 3. The third-order valence-electron chi connectivity index (χ3n) is 6.32. The Morgan fingerprint density at radius 1 is 0.848 bits per heavy atom. The van der Waals surface area contributed by atoms with Gasteiger partial charge < -0.3 is 19.0 Å².